The highest BCUT2D eigenvalue weighted by molar-refractivity contribution is 9.12. The van der Waals surface area contributed by atoms with E-state index in [0.717, 1.165) is 12.0 Å². The fourth-order valence-corrected chi connectivity index (χ4v) is 6.79. The van der Waals surface area contributed by atoms with Crippen LogP contribution < -0.4 is 5.32 Å². The third-order valence-electron chi connectivity index (χ3n) is 6.10. The van der Waals surface area contributed by atoms with Crippen LogP contribution >= 0.6 is 43.5 Å². The van der Waals surface area contributed by atoms with Gasteiger partial charge in [0.1, 0.15) is 0 Å². The van der Waals surface area contributed by atoms with Gasteiger partial charge in [0.15, 0.2) is 0 Å². The van der Waals surface area contributed by atoms with Gasteiger partial charge in [-0.15, -0.1) is 0 Å². The number of nitrogens with zero attached hydrogens (tertiary/aromatic N) is 1. The van der Waals surface area contributed by atoms with Gasteiger partial charge >= 0.3 is 0 Å². The van der Waals surface area contributed by atoms with Crippen molar-refractivity contribution in [3.05, 3.63) is 28.8 Å². The second kappa shape index (κ2) is 7.16. The van der Waals surface area contributed by atoms with E-state index in [2.05, 4.69) is 37.2 Å². The maximum atomic E-state index is 12.8. The van der Waals surface area contributed by atoms with Gasteiger partial charge in [-0.25, -0.2) is 0 Å². The fraction of sp³-hybridized carbons (Fsp3) is 0.526. The van der Waals surface area contributed by atoms with Gasteiger partial charge in [-0.1, -0.05) is 49.5 Å². The van der Waals surface area contributed by atoms with Crippen LogP contribution in [0.25, 0.3) is 0 Å². The van der Waals surface area contributed by atoms with Crippen LogP contribution in [0.4, 0.5) is 5.69 Å². The Hall–Kier alpha value is -0.920. The average molecular weight is 519 g/mol. The second-order valence-corrected chi connectivity index (χ2v) is 10.1. The summed E-state index contributed by atoms with van der Waals surface area (Å²) < 4.78 is 0. The molecule has 8 heteroatoms. The van der Waals surface area contributed by atoms with Crippen molar-refractivity contribution in [2.45, 2.75) is 29.4 Å². The van der Waals surface area contributed by atoms with Crippen molar-refractivity contribution in [1.82, 2.24) is 4.90 Å². The highest BCUT2D eigenvalue weighted by Gasteiger charge is 2.66. The molecule has 1 aromatic rings. The number of aryl methyl sites for hydroxylation is 1. The number of imide groups is 1. The zero-order valence-electron chi connectivity index (χ0n) is 14.6. The minimum Gasteiger partial charge on any atom is -0.326 e. The third kappa shape index (κ3) is 3.15. The first kappa shape index (κ1) is 19.4. The summed E-state index contributed by atoms with van der Waals surface area (Å²) in [5.74, 6) is -0.574. The SMILES string of the molecule is Cc1ccc(NC(=O)CCN2C(=O)C3C4CC(C(Br)C4Br)C3C2=O)cc1Cl. The zero-order valence-corrected chi connectivity index (χ0v) is 18.6. The molecule has 6 atom stereocenters. The highest BCUT2D eigenvalue weighted by Crippen LogP contribution is 2.60. The summed E-state index contributed by atoms with van der Waals surface area (Å²) in [4.78, 5) is 39.6. The van der Waals surface area contributed by atoms with E-state index in [4.69, 9.17) is 11.6 Å². The van der Waals surface area contributed by atoms with Crippen LogP contribution in [0, 0.1) is 30.6 Å². The minimum atomic E-state index is -0.243. The van der Waals surface area contributed by atoms with Gasteiger partial charge in [-0.2, -0.15) is 0 Å². The Kier molecular flexibility index (Phi) is 5.14. The van der Waals surface area contributed by atoms with Crippen molar-refractivity contribution in [3.63, 3.8) is 0 Å². The maximum Gasteiger partial charge on any atom is 0.233 e. The van der Waals surface area contributed by atoms with Gasteiger partial charge in [0.2, 0.25) is 17.7 Å². The molecule has 0 spiro atoms. The van der Waals surface area contributed by atoms with Crippen LogP contribution in [0.5, 0.6) is 0 Å². The molecule has 3 amide bonds. The summed E-state index contributed by atoms with van der Waals surface area (Å²) in [6.45, 7) is 2.01. The molecule has 2 aliphatic carbocycles. The number of alkyl halides is 2. The number of hydrogen-bond acceptors (Lipinski definition) is 3. The number of nitrogens with one attached hydrogen (secondary N) is 1. The van der Waals surface area contributed by atoms with Crippen LogP contribution in [0.1, 0.15) is 18.4 Å². The molecule has 27 heavy (non-hydrogen) atoms. The molecular formula is C19H19Br2ClN2O3. The molecule has 0 radical (unpaired) electrons. The Morgan fingerprint density at radius 1 is 1.19 bits per heavy atom. The number of likely N-dealkylation sites (tertiary alicyclic amines) is 1. The minimum absolute atomic E-state index is 0.0766. The molecule has 5 nitrogen and oxygen atoms in total. The van der Waals surface area contributed by atoms with Gasteiger partial charge in [-0.3, -0.25) is 19.3 Å². The number of amides is 3. The Morgan fingerprint density at radius 3 is 2.33 bits per heavy atom. The average Bonchev–Trinajstić information content (AvgIpc) is 3.22. The van der Waals surface area contributed by atoms with E-state index in [-0.39, 0.29) is 64.0 Å². The van der Waals surface area contributed by atoms with Gasteiger partial charge in [0.25, 0.3) is 0 Å². The lowest BCUT2D eigenvalue weighted by Gasteiger charge is -2.28. The van der Waals surface area contributed by atoms with E-state index in [0.29, 0.717) is 10.7 Å². The van der Waals surface area contributed by atoms with E-state index in [1.165, 1.54) is 4.90 Å². The number of carbonyl (C=O) groups is 3. The van der Waals surface area contributed by atoms with Gasteiger partial charge < -0.3 is 5.32 Å². The lowest BCUT2D eigenvalue weighted by molar-refractivity contribution is -0.140. The number of rotatable bonds is 4. The lowest BCUT2D eigenvalue weighted by atomic mass is 9.81. The molecule has 1 N–H and O–H groups in total. The first-order valence-corrected chi connectivity index (χ1v) is 11.2. The molecule has 2 bridgehead atoms. The first-order valence-electron chi connectivity index (χ1n) is 8.99. The van der Waals surface area contributed by atoms with E-state index in [1.54, 1.807) is 12.1 Å². The van der Waals surface area contributed by atoms with Crippen LogP contribution in [0.3, 0.4) is 0 Å². The summed E-state index contributed by atoms with van der Waals surface area (Å²) in [5, 5.41) is 3.35. The number of anilines is 1. The zero-order chi connectivity index (χ0) is 19.5. The molecule has 144 valence electrons. The number of carbonyl (C=O) groups excluding carboxylic acids is 3. The smallest absolute Gasteiger partial charge is 0.233 e. The van der Waals surface area contributed by atoms with Gasteiger partial charge in [0, 0.05) is 33.3 Å². The molecule has 3 aliphatic rings. The Balaban J connectivity index is 1.39. The van der Waals surface area contributed by atoms with Crippen LogP contribution in [0.15, 0.2) is 18.2 Å². The number of benzene rings is 1. The van der Waals surface area contributed by atoms with Crippen LogP contribution in [0.2, 0.25) is 5.02 Å². The third-order valence-corrected chi connectivity index (χ3v) is 9.71. The molecular weight excluding hydrogens is 499 g/mol. The summed E-state index contributed by atoms with van der Waals surface area (Å²) >= 11 is 13.4. The van der Waals surface area contributed by atoms with E-state index in [1.807, 2.05) is 13.0 Å². The number of halogens is 3. The van der Waals surface area contributed by atoms with Crippen molar-refractivity contribution in [3.8, 4) is 0 Å². The van der Waals surface area contributed by atoms with E-state index in [9.17, 15) is 14.4 Å². The molecule has 1 heterocycles. The molecule has 3 fully saturated rings. The van der Waals surface area contributed by atoms with Gasteiger partial charge in [0.05, 0.1) is 11.8 Å². The molecule has 4 rings (SSSR count). The molecule has 2 saturated carbocycles. The lowest BCUT2D eigenvalue weighted by Crippen LogP contribution is -2.37. The Bertz CT molecular complexity index is 801. The summed E-state index contributed by atoms with van der Waals surface area (Å²) in [6.07, 6.45) is 0.981. The summed E-state index contributed by atoms with van der Waals surface area (Å²) in [7, 11) is 0. The molecule has 0 aromatic heterocycles. The standard InChI is InChI=1S/C19H19Br2ClN2O3/c1-8-2-3-9(6-12(8)22)23-13(25)4-5-24-18(26)14-10-7-11(15(14)19(24)27)17(21)16(10)20/h2-3,6,10-11,14-17H,4-5,7H2,1H3,(H,23,25). The van der Waals surface area contributed by atoms with Crippen LogP contribution in [-0.2, 0) is 14.4 Å². The monoisotopic (exact) mass is 516 g/mol. The van der Waals surface area contributed by atoms with Crippen molar-refractivity contribution in [2.75, 3.05) is 11.9 Å². The molecule has 6 unspecified atom stereocenters. The fourth-order valence-electron chi connectivity index (χ4n) is 4.74. The van der Waals surface area contributed by atoms with E-state index >= 15 is 0 Å². The van der Waals surface area contributed by atoms with Crippen molar-refractivity contribution < 1.29 is 14.4 Å². The second-order valence-electron chi connectivity index (χ2n) is 7.59. The predicted octanol–water partition coefficient (Wildman–Crippen LogP) is 3.75. The largest absolute Gasteiger partial charge is 0.326 e. The highest BCUT2D eigenvalue weighted by atomic mass is 79.9. The first-order chi connectivity index (χ1) is 12.8. The van der Waals surface area contributed by atoms with Crippen LogP contribution in [-0.4, -0.2) is 38.8 Å². The van der Waals surface area contributed by atoms with E-state index < -0.39 is 0 Å². The normalized spacial score (nSPS) is 34.3. The molecule has 1 aliphatic heterocycles. The molecule has 1 aromatic carbocycles. The quantitative estimate of drug-likeness (QED) is 0.488. The maximum absolute atomic E-state index is 12.8. The Labute approximate surface area is 179 Å². The number of hydrogen-bond donors (Lipinski definition) is 1. The van der Waals surface area contributed by atoms with Crippen molar-refractivity contribution in [2.24, 2.45) is 23.7 Å². The van der Waals surface area contributed by atoms with Crippen molar-refractivity contribution in [1.29, 1.82) is 0 Å². The molecule has 1 saturated heterocycles. The predicted molar refractivity (Wildman–Crippen MR) is 110 cm³/mol. The summed E-state index contributed by atoms with van der Waals surface area (Å²) in [5.41, 5.74) is 1.54. The topological polar surface area (TPSA) is 66.5 Å². The summed E-state index contributed by atoms with van der Waals surface area (Å²) in [6, 6.07) is 5.30. The Morgan fingerprint density at radius 2 is 1.78 bits per heavy atom. The van der Waals surface area contributed by atoms with Crippen molar-refractivity contribution >= 4 is 66.9 Å². The van der Waals surface area contributed by atoms with Gasteiger partial charge in [-0.05, 0) is 42.9 Å². The number of fused-ring (bicyclic) bond motifs is 5.